The normalized spacial score (nSPS) is 10.3. The number of nitrogens with two attached hydrogens (primary N) is 1. The van der Waals surface area contributed by atoms with Crippen LogP contribution < -0.4 is 5.73 Å². The molecule has 18 heavy (non-hydrogen) atoms. The van der Waals surface area contributed by atoms with Crippen LogP contribution in [0.1, 0.15) is 96.8 Å². The van der Waals surface area contributed by atoms with Crippen molar-refractivity contribution in [1.29, 1.82) is 0 Å². The van der Waals surface area contributed by atoms with E-state index < -0.39 is 0 Å². The van der Waals surface area contributed by atoms with Gasteiger partial charge in [-0.15, -0.1) is 12.4 Å². The molecule has 0 rings (SSSR count). The Labute approximate surface area is 122 Å². The maximum absolute atomic E-state index is 5.47. The molecule has 0 fully saturated rings. The highest BCUT2D eigenvalue weighted by molar-refractivity contribution is 5.85. The summed E-state index contributed by atoms with van der Waals surface area (Å²) in [5.74, 6) is 0. The van der Waals surface area contributed by atoms with Gasteiger partial charge in [0.15, 0.2) is 0 Å². The SMILES string of the molecule is CCCCCCCCCCCCCCCCN.Cl. The molecular formula is C16H36ClN. The van der Waals surface area contributed by atoms with Crippen LogP contribution in [0.3, 0.4) is 0 Å². The zero-order valence-electron chi connectivity index (χ0n) is 12.6. The molecule has 0 saturated heterocycles. The Bertz CT molecular complexity index is 114. The molecule has 0 amide bonds. The Balaban J connectivity index is 0. The predicted octanol–water partition coefficient (Wildman–Crippen LogP) is 5.85. The summed E-state index contributed by atoms with van der Waals surface area (Å²) in [4.78, 5) is 0. The topological polar surface area (TPSA) is 26.0 Å². The van der Waals surface area contributed by atoms with Crippen molar-refractivity contribution in [2.24, 2.45) is 5.73 Å². The molecule has 0 unspecified atom stereocenters. The van der Waals surface area contributed by atoms with Gasteiger partial charge >= 0.3 is 0 Å². The van der Waals surface area contributed by atoms with E-state index in [-0.39, 0.29) is 12.4 Å². The van der Waals surface area contributed by atoms with Gasteiger partial charge in [0.05, 0.1) is 0 Å². The summed E-state index contributed by atoms with van der Waals surface area (Å²) in [5, 5.41) is 0. The first-order valence-corrected chi connectivity index (χ1v) is 8.12. The molecule has 0 heterocycles. The lowest BCUT2D eigenvalue weighted by atomic mass is 10.0. The number of halogens is 1. The Morgan fingerprint density at radius 3 is 1.06 bits per heavy atom. The second-order valence-corrected chi connectivity index (χ2v) is 5.38. The van der Waals surface area contributed by atoms with Gasteiger partial charge in [-0.25, -0.2) is 0 Å². The number of rotatable bonds is 14. The van der Waals surface area contributed by atoms with Gasteiger partial charge in [-0.1, -0.05) is 90.4 Å². The molecule has 0 aliphatic carbocycles. The molecule has 0 saturated carbocycles. The van der Waals surface area contributed by atoms with Gasteiger partial charge in [0.25, 0.3) is 0 Å². The highest BCUT2D eigenvalue weighted by Gasteiger charge is 1.93. The molecule has 0 bridgehead atoms. The summed E-state index contributed by atoms with van der Waals surface area (Å²) < 4.78 is 0. The Morgan fingerprint density at radius 2 is 0.778 bits per heavy atom. The molecule has 2 heteroatoms. The van der Waals surface area contributed by atoms with E-state index in [4.69, 9.17) is 5.73 Å². The molecule has 0 aromatic heterocycles. The Hall–Kier alpha value is 0.250. The van der Waals surface area contributed by atoms with Crippen molar-refractivity contribution in [2.45, 2.75) is 96.8 Å². The van der Waals surface area contributed by atoms with Crippen LogP contribution in [-0.2, 0) is 0 Å². The molecule has 0 aliphatic heterocycles. The van der Waals surface area contributed by atoms with Gasteiger partial charge in [0.1, 0.15) is 0 Å². The molecule has 2 N–H and O–H groups in total. The third-order valence-electron chi connectivity index (χ3n) is 3.56. The minimum Gasteiger partial charge on any atom is -0.330 e. The zero-order chi connectivity index (χ0) is 12.6. The maximum Gasteiger partial charge on any atom is -0.00773 e. The number of hydrogen-bond acceptors (Lipinski definition) is 1. The largest absolute Gasteiger partial charge is 0.330 e. The van der Waals surface area contributed by atoms with Gasteiger partial charge in [0, 0.05) is 0 Å². The highest BCUT2D eigenvalue weighted by atomic mass is 35.5. The van der Waals surface area contributed by atoms with Crippen molar-refractivity contribution in [3.8, 4) is 0 Å². The van der Waals surface area contributed by atoms with Crippen LogP contribution in [0, 0.1) is 0 Å². The highest BCUT2D eigenvalue weighted by Crippen LogP contribution is 2.12. The summed E-state index contributed by atoms with van der Waals surface area (Å²) in [6.07, 6.45) is 19.9. The average Bonchev–Trinajstić information content (AvgIpc) is 2.35. The fourth-order valence-corrected chi connectivity index (χ4v) is 2.34. The Kier molecular flexibility index (Phi) is 22.4. The standard InChI is InChI=1S/C16H35N.ClH/c1-2-3-4-5-6-7-8-9-10-11-12-13-14-15-16-17;/h2-17H2,1H3;1H. The van der Waals surface area contributed by atoms with Crippen LogP contribution in [0.4, 0.5) is 0 Å². The molecule has 0 aliphatic rings. The van der Waals surface area contributed by atoms with Crippen molar-refractivity contribution < 1.29 is 0 Å². The van der Waals surface area contributed by atoms with Gasteiger partial charge in [0.2, 0.25) is 0 Å². The fraction of sp³-hybridized carbons (Fsp3) is 1.00. The van der Waals surface area contributed by atoms with Crippen molar-refractivity contribution in [2.75, 3.05) is 6.54 Å². The van der Waals surface area contributed by atoms with Gasteiger partial charge < -0.3 is 5.73 Å². The third kappa shape index (κ3) is 18.6. The zero-order valence-corrected chi connectivity index (χ0v) is 13.4. The van der Waals surface area contributed by atoms with E-state index in [1.165, 1.54) is 89.9 Å². The summed E-state index contributed by atoms with van der Waals surface area (Å²) in [6.45, 7) is 3.16. The summed E-state index contributed by atoms with van der Waals surface area (Å²) in [6, 6.07) is 0. The van der Waals surface area contributed by atoms with E-state index in [1.807, 2.05) is 0 Å². The van der Waals surface area contributed by atoms with Crippen molar-refractivity contribution in [3.05, 3.63) is 0 Å². The van der Waals surface area contributed by atoms with Crippen molar-refractivity contribution >= 4 is 12.4 Å². The lowest BCUT2D eigenvalue weighted by molar-refractivity contribution is 0.536. The monoisotopic (exact) mass is 277 g/mol. The molecule has 0 radical (unpaired) electrons. The molecule has 112 valence electrons. The molecule has 1 nitrogen and oxygen atoms in total. The van der Waals surface area contributed by atoms with E-state index in [9.17, 15) is 0 Å². The predicted molar refractivity (Wildman–Crippen MR) is 86.6 cm³/mol. The summed E-state index contributed by atoms with van der Waals surface area (Å²) in [5.41, 5.74) is 5.47. The summed E-state index contributed by atoms with van der Waals surface area (Å²) >= 11 is 0. The van der Waals surface area contributed by atoms with Crippen molar-refractivity contribution in [3.63, 3.8) is 0 Å². The number of hydrogen-bond donors (Lipinski definition) is 1. The van der Waals surface area contributed by atoms with Crippen LogP contribution in [0.2, 0.25) is 0 Å². The average molecular weight is 278 g/mol. The summed E-state index contributed by atoms with van der Waals surface area (Å²) in [7, 11) is 0. The van der Waals surface area contributed by atoms with Crippen LogP contribution in [-0.4, -0.2) is 6.54 Å². The third-order valence-corrected chi connectivity index (χ3v) is 3.56. The quantitative estimate of drug-likeness (QED) is 0.396. The van der Waals surface area contributed by atoms with E-state index >= 15 is 0 Å². The van der Waals surface area contributed by atoms with Gasteiger partial charge in [-0.3, -0.25) is 0 Å². The first kappa shape index (κ1) is 20.6. The molecule has 0 atom stereocenters. The molecular weight excluding hydrogens is 242 g/mol. The number of unbranched alkanes of at least 4 members (excludes halogenated alkanes) is 13. The molecule has 0 spiro atoms. The second kappa shape index (κ2) is 19.6. The smallest absolute Gasteiger partial charge is 0.00773 e. The van der Waals surface area contributed by atoms with Crippen LogP contribution in [0.15, 0.2) is 0 Å². The van der Waals surface area contributed by atoms with E-state index in [0.29, 0.717) is 0 Å². The van der Waals surface area contributed by atoms with Crippen LogP contribution in [0.5, 0.6) is 0 Å². The van der Waals surface area contributed by atoms with E-state index in [1.54, 1.807) is 0 Å². The maximum atomic E-state index is 5.47. The lowest BCUT2D eigenvalue weighted by Crippen LogP contribution is -1.97. The minimum absolute atomic E-state index is 0. The molecule has 0 aromatic carbocycles. The van der Waals surface area contributed by atoms with E-state index in [0.717, 1.165) is 6.54 Å². The van der Waals surface area contributed by atoms with Crippen molar-refractivity contribution in [1.82, 2.24) is 0 Å². The van der Waals surface area contributed by atoms with Gasteiger partial charge in [-0.05, 0) is 13.0 Å². The first-order chi connectivity index (χ1) is 8.41. The van der Waals surface area contributed by atoms with E-state index in [2.05, 4.69) is 6.92 Å². The lowest BCUT2D eigenvalue weighted by Gasteiger charge is -2.02. The van der Waals surface area contributed by atoms with Crippen LogP contribution >= 0.6 is 12.4 Å². The minimum atomic E-state index is 0. The first-order valence-electron chi connectivity index (χ1n) is 8.12. The fourth-order valence-electron chi connectivity index (χ4n) is 2.34. The molecule has 0 aromatic rings. The van der Waals surface area contributed by atoms with Crippen LogP contribution in [0.25, 0.3) is 0 Å². The Morgan fingerprint density at radius 1 is 0.500 bits per heavy atom. The second-order valence-electron chi connectivity index (χ2n) is 5.38. The van der Waals surface area contributed by atoms with Gasteiger partial charge in [-0.2, -0.15) is 0 Å².